The second kappa shape index (κ2) is 7.12. The number of benzene rings is 1. The average molecular weight is 354 g/mol. The lowest BCUT2D eigenvalue weighted by Gasteiger charge is -2.16. The third-order valence-corrected chi connectivity index (χ3v) is 6.42. The van der Waals surface area contributed by atoms with Gasteiger partial charge in [0.05, 0.1) is 0 Å². The molecule has 4 rings (SSSR count). The summed E-state index contributed by atoms with van der Waals surface area (Å²) in [4.78, 5) is 26.6. The van der Waals surface area contributed by atoms with E-state index in [1.807, 2.05) is 18.2 Å². The summed E-state index contributed by atoms with van der Waals surface area (Å²) in [5.74, 6) is -0.492. The quantitative estimate of drug-likeness (QED) is 0.598. The number of ether oxygens (including phenoxy) is 1. The van der Waals surface area contributed by atoms with Crippen LogP contribution in [-0.4, -0.2) is 18.4 Å². The first-order chi connectivity index (χ1) is 12.2. The van der Waals surface area contributed by atoms with Gasteiger partial charge in [-0.05, 0) is 80.2 Å². The van der Waals surface area contributed by atoms with Gasteiger partial charge in [0.2, 0.25) is 0 Å². The zero-order valence-corrected chi connectivity index (χ0v) is 15.1. The van der Waals surface area contributed by atoms with Crippen molar-refractivity contribution < 1.29 is 14.3 Å². The molecule has 0 unspecified atom stereocenters. The number of thiophene rings is 1. The fraction of sp³-hybridized carbons (Fsp3) is 0.429. The van der Waals surface area contributed by atoms with Gasteiger partial charge in [-0.25, -0.2) is 4.79 Å². The Morgan fingerprint density at radius 2 is 1.60 bits per heavy atom. The van der Waals surface area contributed by atoms with Gasteiger partial charge in [0.1, 0.15) is 4.88 Å². The number of ketones is 1. The molecule has 0 saturated heterocycles. The van der Waals surface area contributed by atoms with Crippen LogP contribution in [0.2, 0.25) is 0 Å². The van der Waals surface area contributed by atoms with Crippen molar-refractivity contribution in [2.24, 2.45) is 0 Å². The predicted molar refractivity (Wildman–Crippen MR) is 98.7 cm³/mol. The fourth-order valence-corrected chi connectivity index (χ4v) is 4.93. The summed E-state index contributed by atoms with van der Waals surface area (Å²) in [5, 5.41) is 0. The summed E-state index contributed by atoms with van der Waals surface area (Å²) in [7, 11) is 0. The molecule has 1 aromatic heterocycles. The highest BCUT2D eigenvalue weighted by molar-refractivity contribution is 7.14. The topological polar surface area (TPSA) is 43.4 Å². The van der Waals surface area contributed by atoms with E-state index < -0.39 is 0 Å². The van der Waals surface area contributed by atoms with Crippen LogP contribution < -0.4 is 0 Å². The zero-order valence-electron chi connectivity index (χ0n) is 14.3. The molecule has 0 atom stereocenters. The number of hydrogen-bond acceptors (Lipinski definition) is 4. The van der Waals surface area contributed by atoms with E-state index in [1.165, 1.54) is 58.6 Å². The first kappa shape index (κ1) is 16.5. The summed E-state index contributed by atoms with van der Waals surface area (Å²) in [5.41, 5.74) is 4.56. The smallest absolute Gasteiger partial charge is 0.348 e. The van der Waals surface area contributed by atoms with Crippen molar-refractivity contribution in [3.63, 3.8) is 0 Å². The number of rotatable bonds is 4. The monoisotopic (exact) mass is 354 g/mol. The van der Waals surface area contributed by atoms with Gasteiger partial charge in [-0.2, -0.15) is 0 Å². The molecule has 2 aliphatic carbocycles. The second-order valence-corrected chi connectivity index (χ2v) is 8.09. The molecule has 0 saturated carbocycles. The van der Waals surface area contributed by atoms with Crippen molar-refractivity contribution in [1.29, 1.82) is 0 Å². The van der Waals surface area contributed by atoms with Gasteiger partial charge in [0.25, 0.3) is 0 Å². The maximum absolute atomic E-state index is 12.4. The highest BCUT2D eigenvalue weighted by Crippen LogP contribution is 2.30. The van der Waals surface area contributed by atoms with E-state index >= 15 is 0 Å². The maximum atomic E-state index is 12.4. The second-order valence-electron chi connectivity index (χ2n) is 6.96. The van der Waals surface area contributed by atoms with E-state index in [1.54, 1.807) is 0 Å². The summed E-state index contributed by atoms with van der Waals surface area (Å²) in [6.07, 6.45) is 9.03. The fourth-order valence-electron chi connectivity index (χ4n) is 3.78. The van der Waals surface area contributed by atoms with E-state index in [0.29, 0.717) is 10.4 Å². The van der Waals surface area contributed by atoms with Gasteiger partial charge in [0, 0.05) is 10.4 Å². The molecule has 0 bridgehead atoms. The molecule has 0 radical (unpaired) electrons. The predicted octanol–water partition coefficient (Wildman–Crippen LogP) is 4.55. The molecule has 130 valence electrons. The molecule has 2 aromatic rings. The van der Waals surface area contributed by atoms with Gasteiger partial charge < -0.3 is 4.74 Å². The van der Waals surface area contributed by atoms with Crippen molar-refractivity contribution in [1.82, 2.24) is 0 Å². The minimum atomic E-state index is -0.370. The summed E-state index contributed by atoms with van der Waals surface area (Å²) in [6, 6.07) is 7.85. The van der Waals surface area contributed by atoms with Crippen LogP contribution in [0.3, 0.4) is 0 Å². The Kier molecular flexibility index (Phi) is 4.71. The molecule has 0 amide bonds. The number of aryl methyl sites for hydroxylation is 4. The molecule has 25 heavy (non-hydrogen) atoms. The molecule has 1 heterocycles. The summed E-state index contributed by atoms with van der Waals surface area (Å²) in [6.45, 7) is -0.180. The van der Waals surface area contributed by atoms with E-state index in [4.69, 9.17) is 4.74 Å². The third-order valence-electron chi connectivity index (χ3n) is 5.20. The lowest BCUT2D eigenvalue weighted by Crippen LogP contribution is -2.14. The Balaban J connectivity index is 1.39. The number of esters is 1. The molecular weight excluding hydrogens is 332 g/mol. The number of Topliss-reactive ketones (excluding diaryl/α,β-unsaturated/α-hetero) is 1. The molecule has 4 heteroatoms. The van der Waals surface area contributed by atoms with Crippen LogP contribution in [0.1, 0.15) is 67.3 Å². The van der Waals surface area contributed by atoms with Crippen molar-refractivity contribution >= 4 is 23.1 Å². The number of hydrogen-bond donors (Lipinski definition) is 0. The Labute approximate surface area is 152 Å². The standard InChI is InChI=1S/C21H22O3S/c22-18(16-10-9-14-5-1-2-6-15(14)11-16)13-24-21(23)20-12-17-7-3-4-8-19(17)25-20/h9-12H,1-8,13H2. The van der Waals surface area contributed by atoms with Gasteiger partial charge in [-0.3, -0.25) is 4.79 Å². The Morgan fingerprint density at radius 3 is 2.40 bits per heavy atom. The first-order valence-electron chi connectivity index (χ1n) is 9.14. The Hall–Kier alpha value is -1.94. The van der Waals surface area contributed by atoms with Crippen molar-refractivity contribution in [3.05, 3.63) is 56.3 Å². The van der Waals surface area contributed by atoms with Crippen molar-refractivity contribution in [3.8, 4) is 0 Å². The van der Waals surface area contributed by atoms with E-state index in [9.17, 15) is 9.59 Å². The molecule has 3 nitrogen and oxygen atoms in total. The highest BCUT2D eigenvalue weighted by Gasteiger charge is 2.19. The molecule has 0 fully saturated rings. The van der Waals surface area contributed by atoms with Gasteiger partial charge >= 0.3 is 5.97 Å². The molecule has 2 aliphatic rings. The normalized spacial score (nSPS) is 16.0. The molecule has 0 aliphatic heterocycles. The zero-order chi connectivity index (χ0) is 17.2. The van der Waals surface area contributed by atoms with Crippen LogP contribution in [0.5, 0.6) is 0 Å². The van der Waals surface area contributed by atoms with Crippen LogP contribution in [0.4, 0.5) is 0 Å². The van der Waals surface area contributed by atoms with Gasteiger partial charge in [-0.1, -0.05) is 12.1 Å². The van der Waals surface area contributed by atoms with E-state index in [2.05, 4.69) is 6.07 Å². The highest BCUT2D eigenvalue weighted by atomic mass is 32.1. The van der Waals surface area contributed by atoms with Crippen molar-refractivity contribution in [2.45, 2.75) is 51.4 Å². The SMILES string of the molecule is O=C(COC(=O)c1cc2c(s1)CCCC2)c1ccc2c(c1)CCCC2. The molecule has 1 aromatic carbocycles. The lowest BCUT2D eigenvalue weighted by atomic mass is 9.90. The van der Waals surface area contributed by atoms with Crippen LogP contribution in [0.15, 0.2) is 24.3 Å². The number of carbonyl (C=O) groups is 2. The van der Waals surface area contributed by atoms with E-state index in [0.717, 1.165) is 25.7 Å². The molecular formula is C21H22O3S. The maximum Gasteiger partial charge on any atom is 0.348 e. The average Bonchev–Trinajstić information content (AvgIpc) is 3.09. The molecule has 0 spiro atoms. The summed E-state index contributed by atoms with van der Waals surface area (Å²) < 4.78 is 5.29. The minimum Gasteiger partial charge on any atom is -0.453 e. The largest absolute Gasteiger partial charge is 0.453 e. The third kappa shape index (κ3) is 3.54. The van der Waals surface area contributed by atoms with Crippen LogP contribution >= 0.6 is 11.3 Å². The van der Waals surface area contributed by atoms with Gasteiger partial charge in [0.15, 0.2) is 12.4 Å². The number of fused-ring (bicyclic) bond motifs is 2. The van der Waals surface area contributed by atoms with Gasteiger partial charge in [-0.15, -0.1) is 11.3 Å². The number of carbonyl (C=O) groups excluding carboxylic acids is 2. The molecule has 0 N–H and O–H groups in total. The minimum absolute atomic E-state index is 0.122. The van der Waals surface area contributed by atoms with E-state index in [-0.39, 0.29) is 18.4 Å². The van der Waals surface area contributed by atoms with Crippen LogP contribution in [0.25, 0.3) is 0 Å². The lowest BCUT2D eigenvalue weighted by molar-refractivity contribution is 0.0479. The Morgan fingerprint density at radius 1 is 0.880 bits per heavy atom. The van der Waals surface area contributed by atoms with Crippen LogP contribution in [0, 0.1) is 0 Å². The first-order valence-corrected chi connectivity index (χ1v) is 9.96. The van der Waals surface area contributed by atoms with Crippen LogP contribution in [-0.2, 0) is 30.4 Å². The Bertz CT molecular complexity index is 795. The van der Waals surface area contributed by atoms with Crippen molar-refractivity contribution in [2.75, 3.05) is 6.61 Å². The summed E-state index contributed by atoms with van der Waals surface area (Å²) >= 11 is 1.52.